The maximum Gasteiger partial charge on any atom is 0.416 e. The van der Waals surface area contributed by atoms with Crippen molar-refractivity contribution < 1.29 is 18.0 Å². The Hall–Kier alpha value is -2.77. The number of nitrogens with zero attached hydrogens (tertiary/aromatic N) is 2. The van der Waals surface area contributed by atoms with Crippen molar-refractivity contribution in [2.24, 2.45) is 0 Å². The summed E-state index contributed by atoms with van der Waals surface area (Å²) in [6.45, 7) is 1.96. The highest BCUT2D eigenvalue weighted by Crippen LogP contribution is 2.30. The van der Waals surface area contributed by atoms with Crippen molar-refractivity contribution in [1.29, 1.82) is 0 Å². The van der Waals surface area contributed by atoms with Gasteiger partial charge in [-0.05, 0) is 56.9 Å². The molecule has 0 unspecified atom stereocenters. The van der Waals surface area contributed by atoms with Gasteiger partial charge in [-0.2, -0.15) is 13.2 Å². The molecule has 0 radical (unpaired) electrons. The lowest BCUT2D eigenvalue weighted by molar-refractivity contribution is -0.137. The van der Waals surface area contributed by atoms with E-state index < -0.39 is 17.6 Å². The third kappa shape index (κ3) is 5.64. The number of carbonyl (C=O) groups excluding carboxylic acids is 1. The normalized spacial score (nSPS) is 19.3. The largest absolute Gasteiger partial charge is 0.416 e. The first-order valence-corrected chi connectivity index (χ1v) is 10.0. The number of rotatable bonds is 5. The Kier molecular flexibility index (Phi) is 6.53. The minimum atomic E-state index is -4.46. The number of hydrogen-bond donors (Lipinski definition) is 2. The molecule has 1 aromatic carbocycles. The van der Waals surface area contributed by atoms with Crippen LogP contribution in [-0.4, -0.2) is 37.1 Å². The van der Waals surface area contributed by atoms with Crippen LogP contribution in [0.4, 0.5) is 24.7 Å². The van der Waals surface area contributed by atoms with E-state index in [9.17, 15) is 18.0 Å². The van der Waals surface area contributed by atoms with Crippen LogP contribution < -0.4 is 15.5 Å². The Balaban J connectivity index is 1.54. The molecule has 2 N–H and O–H groups in total. The summed E-state index contributed by atoms with van der Waals surface area (Å²) in [7, 11) is 3.97. The van der Waals surface area contributed by atoms with Crippen LogP contribution in [0.5, 0.6) is 0 Å². The summed E-state index contributed by atoms with van der Waals surface area (Å²) in [5, 5.41) is 6.35. The average Bonchev–Trinajstić information content (AvgIpc) is 2.68. The summed E-state index contributed by atoms with van der Waals surface area (Å²) in [4.78, 5) is 19.0. The number of halogens is 3. The molecule has 5 nitrogen and oxygen atoms in total. The van der Waals surface area contributed by atoms with Crippen LogP contribution in [-0.2, 0) is 6.18 Å². The topological polar surface area (TPSA) is 57.3 Å². The molecule has 1 heterocycles. The number of hydrogen-bond acceptors (Lipinski definition) is 4. The van der Waals surface area contributed by atoms with Crippen LogP contribution >= 0.6 is 0 Å². The minimum absolute atomic E-state index is 0.0326. The molecule has 3 rings (SSSR count). The standard InChI is InChI=1S/C22H27F3N4O/c1-14-11-19(29(2)3)13-20(26-14)27-17-7-9-18(10-8-17)28-21(30)15-5-4-6-16(12-15)22(23,24)25/h4-6,11-13,17-18H,7-10H2,1-3H3,(H,26,27)(H,28,30)/t17-,18+. The summed E-state index contributed by atoms with van der Waals surface area (Å²) in [5.74, 6) is 0.364. The second kappa shape index (κ2) is 8.93. The fourth-order valence-electron chi connectivity index (χ4n) is 3.68. The van der Waals surface area contributed by atoms with E-state index in [1.807, 2.05) is 38.1 Å². The molecule has 1 amide bonds. The molecule has 162 valence electrons. The zero-order valence-electron chi connectivity index (χ0n) is 17.4. The van der Waals surface area contributed by atoms with E-state index in [1.165, 1.54) is 12.1 Å². The molecule has 30 heavy (non-hydrogen) atoms. The lowest BCUT2D eigenvalue weighted by Crippen LogP contribution is -2.40. The van der Waals surface area contributed by atoms with Crippen LogP contribution in [0.15, 0.2) is 36.4 Å². The van der Waals surface area contributed by atoms with E-state index >= 15 is 0 Å². The quantitative estimate of drug-likeness (QED) is 0.741. The Morgan fingerprint density at radius 3 is 2.37 bits per heavy atom. The minimum Gasteiger partial charge on any atom is -0.377 e. The highest BCUT2D eigenvalue weighted by molar-refractivity contribution is 5.94. The molecule has 2 aromatic rings. The van der Waals surface area contributed by atoms with E-state index in [4.69, 9.17) is 0 Å². The SMILES string of the molecule is Cc1cc(N(C)C)cc(N[C@H]2CC[C@@H](NC(=O)c3cccc(C(F)(F)F)c3)CC2)n1. The lowest BCUT2D eigenvalue weighted by atomic mass is 9.91. The third-order valence-corrected chi connectivity index (χ3v) is 5.32. The number of alkyl halides is 3. The second-order valence-corrected chi connectivity index (χ2v) is 7.99. The molecule has 0 bridgehead atoms. The predicted octanol–water partition coefficient (Wildman–Crippen LogP) is 4.63. The van der Waals surface area contributed by atoms with Crippen LogP contribution in [0.2, 0.25) is 0 Å². The maximum absolute atomic E-state index is 12.9. The van der Waals surface area contributed by atoms with E-state index in [-0.39, 0.29) is 17.6 Å². The van der Waals surface area contributed by atoms with Gasteiger partial charge in [-0.3, -0.25) is 4.79 Å². The summed E-state index contributed by atoms with van der Waals surface area (Å²) < 4.78 is 38.6. The number of aromatic nitrogens is 1. The monoisotopic (exact) mass is 420 g/mol. The Morgan fingerprint density at radius 2 is 1.73 bits per heavy atom. The highest BCUT2D eigenvalue weighted by atomic mass is 19.4. The van der Waals surface area contributed by atoms with E-state index in [0.29, 0.717) is 0 Å². The van der Waals surface area contributed by atoms with Gasteiger partial charge in [0.1, 0.15) is 5.82 Å². The van der Waals surface area contributed by atoms with Gasteiger partial charge in [-0.25, -0.2) is 4.98 Å². The van der Waals surface area contributed by atoms with E-state index in [2.05, 4.69) is 15.6 Å². The van der Waals surface area contributed by atoms with Gasteiger partial charge in [0.15, 0.2) is 0 Å². The predicted molar refractivity (Wildman–Crippen MR) is 112 cm³/mol. The summed E-state index contributed by atoms with van der Waals surface area (Å²) >= 11 is 0. The lowest BCUT2D eigenvalue weighted by Gasteiger charge is -2.30. The first-order valence-electron chi connectivity index (χ1n) is 10.0. The van der Waals surface area contributed by atoms with Gasteiger partial charge in [0.25, 0.3) is 5.91 Å². The number of aryl methyl sites for hydroxylation is 1. The van der Waals surface area contributed by atoms with Gasteiger partial charge in [0.2, 0.25) is 0 Å². The molecular weight excluding hydrogens is 393 g/mol. The Labute approximate surface area is 174 Å². The molecule has 8 heteroatoms. The van der Waals surface area contributed by atoms with Crippen molar-refractivity contribution >= 4 is 17.4 Å². The van der Waals surface area contributed by atoms with Gasteiger partial charge in [0, 0.05) is 49.2 Å². The number of anilines is 2. The number of carbonyl (C=O) groups is 1. The average molecular weight is 420 g/mol. The molecule has 1 aliphatic rings. The molecule has 0 atom stereocenters. The molecule has 0 saturated heterocycles. The fourth-order valence-corrected chi connectivity index (χ4v) is 3.68. The van der Waals surface area contributed by atoms with E-state index in [0.717, 1.165) is 55.0 Å². The van der Waals surface area contributed by atoms with E-state index in [1.54, 1.807) is 0 Å². The zero-order chi connectivity index (χ0) is 21.9. The molecule has 1 aliphatic carbocycles. The number of nitrogens with one attached hydrogen (secondary N) is 2. The van der Waals surface area contributed by atoms with Crippen molar-refractivity contribution in [3.63, 3.8) is 0 Å². The van der Waals surface area contributed by atoms with Gasteiger partial charge in [-0.1, -0.05) is 6.07 Å². The number of amides is 1. The fraction of sp³-hybridized carbons (Fsp3) is 0.455. The van der Waals surface area contributed by atoms with Crippen LogP contribution in [0.3, 0.4) is 0 Å². The Morgan fingerprint density at radius 1 is 1.07 bits per heavy atom. The highest BCUT2D eigenvalue weighted by Gasteiger charge is 2.31. The summed E-state index contributed by atoms with van der Waals surface area (Å²) in [6.07, 6.45) is -1.25. The molecule has 0 aliphatic heterocycles. The van der Waals surface area contributed by atoms with Crippen LogP contribution in [0.1, 0.15) is 47.3 Å². The molecule has 1 aromatic heterocycles. The van der Waals surface area contributed by atoms with Crippen LogP contribution in [0.25, 0.3) is 0 Å². The second-order valence-electron chi connectivity index (χ2n) is 7.99. The number of benzene rings is 1. The zero-order valence-corrected chi connectivity index (χ0v) is 17.4. The van der Waals surface area contributed by atoms with Crippen molar-refractivity contribution in [2.45, 2.75) is 50.9 Å². The smallest absolute Gasteiger partial charge is 0.377 e. The van der Waals surface area contributed by atoms with Gasteiger partial charge >= 0.3 is 6.18 Å². The van der Waals surface area contributed by atoms with Gasteiger partial charge < -0.3 is 15.5 Å². The first kappa shape index (κ1) is 21.9. The number of pyridine rings is 1. The van der Waals surface area contributed by atoms with Gasteiger partial charge in [-0.15, -0.1) is 0 Å². The summed E-state index contributed by atoms with van der Waals surface area (Å²) in [6, 6.07) is 8.76. The first-order chi connectivity index (χ1) is 14.1. The van der Waals surface area contributed by atoms with Crippen molar-refractivity contribution in [1.82, 2.24) is 10.3 Å². The van der Waals surface area contributed by atoms with Crippen LogP contribution in [0, 0.1) is 6.92 Å². The third-order valence-electron chi connectivity index (χ3n) is 5.32. The molecule has 1 saturated carbocycles. The van der Waals surface area contributed by atoms with Crippen molar-refractivity contribution in [3.05, 3.63) is 53.2 Å². The molecule has 0 spiro atoms. The summed E-state index contributed by atoms with van der Waals surface area (Å²) in [5.41, 5.74) is 1.23. The molecular formula is C22H27F3N4O. The Bertz CT molecular complexity index is 890. The van der Waals surface area contributed by atoms with Crippen molar-refractivity contribution in [2.75, 3.05) is 24.3 Å². The molecule has 1 fully saturated rings. The maximum atomic E-state index is 12.9. The van der Waals surface area contributed by atoms with Gasteiger partial charge in [0.05, 0.1) is 5.56 Å². The van der Waals surface area contributed by atoms with Crippen molar-refractivity contribution in [3.8, 4) is 0 Å².